The summed E-state index contributed by atoms with van der Waals surface area (Å²) >= 11 is 0. The summed E-state index contributed by atoms with van der Waals surface area (Å²) in [6.45, 7) is 9.82. The van der Waals surface area contributed by atoms with Gasteiger partial charge in [0.2, 0.25) is 0 Å². The van der Waals surface area contributed by atoms with Crippen molar-refractivity contribution in [3.8, 4) is 11.1 Å². The molecule has 3 N–H and O–H groups in total. The van der Waals surface area contributed by atoms with Gasteiger partial charge in [0.05, 0.1) is 23.5 Å². The number of amides is 2. The Morgan fingerprint density at radius 1 is 0.956 bits per heavy atom. The van der Waals surface area contributed by atoms with Gasteiger partial charge in [-0.1, -0.05) is 55.8 Å². The maximum atomic E-state index is 12.6. The summed E-state index contributed by atoms with van der Waals surface area (Å²) in [5.41, 5.74) is 5.85. The highest BCUT2D eigenvalue weighted by atomic mass is 19.4. The van der Waals surface area contributed by atoms with E-state index in [-0.39, 0.29) is 11.6 Å². The molecule has 4 rings (SSSR count). The molecule has 240 valence electrons. The third-order valence-corrected chi connectivity index (χ3v) is 7.04. The van der Waals surface area contributed by atoms with Gasteiger partial charge in [-0.25, -0.2) is 24.4 Å². The number of hydrogen-bond acceptors (Lipinski definition) is 5. The number of aliphatic carboxylic acids is 1. The largest absolute Gasteiger partial charge is 0.490 e. The van der Waals surface area contributed by atoms with Gasteiger partial charge in [0, 0.05) is 19.5 Å². The van der Waals surface area contributed by atoms with Crippen LogP contribution in [-0.2, 0) is 17.8 Å². The van der Waals surface area contributed by atoms with Gasteiger partial charge in [-0.2, -0.15) is 13.2 Å². The summed E-state index contributed by atoms with van der Waals surface area (Å²) in [4.78, 5) is 44.7. The number of pyridine rings is 1. The van der Waals surface area contributed by atoms with Crippen LogP contribution in [0.5, 0.6) is 0 Å². The molecule has 2 aromatic carbocycles. The molecule has 0 aliphatic carbocycles. The Morgan fingerprint density at radius 3 is 2.13 bits per heavy atom. The molecule has 10 nitrogen and oxygen atoms in total. The molecule has 2 heterocycles. The van der Waals surface area contributed by atoms with Crippen LogP contribution in [-0.4, -0.2) is 66.9 Å². The molecule has 45 heavy (non-hydrogen) atoms. The minimum Gasteiger partial charge on any atom is -0.478 e. The van der Waals surface area contributed by atoms with E-state index in [4.69, 9.17) is 19.9 Å². The quantitative estimate of drug-likeness (QED) is 0.172. The molecule has 0 aliphatic heterocycles. The standard InChI is InChI=1S/C30H35N5O3.C2HF3O2/c1-5-8-13-27-32-26-18-25(33-30(38)34(6-2)7-3)20(4)31-28(26)35(27)19-21-14-16-22(17-15-21)23-11-9-10-12-24(23)29(36)37;3-2(4,5)1(6)7/h9-12,14-18H,5-8,13,19H2,1-4H3,(H,33,38)(H,36,37);(H,6,7). The van der Waals surface area contributed by atoms with E-state index in [1.54, 1.807) is 17.0 Å². The van der Waals surface area contributed by atoms with Crippen LogP contribution in [0.2, 0.25) is 0 Å². The van der Waals surface area contributed by atoms with Crippen molar-refractivity contribution in [1.29, 1.82) is 0 Å². The third-order valence-electron chi connectivity index (χ3n) is 7.04. The van der Waals surface area contributed by atoms with Crippen molar-refractivity contribution in [2.45, 2.75) is 59.7 Å². The van der Waals surface area contributed by atoms with Crippen molar-refractivity contribution in [3.63, 3.8) is 0 Å². The molecule has 0 atom stereocenters. The minimum atomic E-state index is -5.08. The van der Waals surface area contributed by atoms with E-state index >= 15 is 0 Å². The molecular formula is C32H36F3N5O5. The monoisotopic (exact) mass is 627 g/mol. The molecule has 0 aliphatic rings. The van der Waals surface area contributed by atoms with Gasteiger partial charge in [0.25, 0.3) is 0 Å². The molecule has 2 aromatic heterocycles. The summed E-state index contributed by atoms with van der Waals surface area (Å²) in [6, 6.07) is 16.8. The normalized spacial score (nSPS) is 11.1. The molecule has 0 saturated carbocycles. The average Bonchev–Trinajstić information content (AvgIpc) is 3.32. The predicted molar refractivity (Wildman–Crippen MR) is 164 cm³/mol. The maximum Gasteiger partial charge on any atom is 0.490 e. The van der Waals surface area contributed by atoms with Gasteiger partial charge in [0.1, 0.15) is 11.3 Å². The van der Waals surface area contributed by atoms with E-state index in [1.165, 1.54) is 0 Å². The number of aryl methyl sites for hydroxylation is 2. The Balaban J connectivity index is 0.000000707. The lowest BCUT2D eigenvalue weighted by Gasteiger charge is -2.19. The number of aromatic nitrogens is 3. The number of anilines is 1. The van der Waals surface area contributed by atoms with Gasteiger partial charge < -0.3 is 25.0 Å². The lowest BCUT2D eigenvalue weighted by molar-refractivity contribution is -0.192. The number of benzene rings is 2. The second kappa shape index (κ2) is 15.2. The van der Waals surface area contributed by atoms with Crippen LogP contribution in [0.15, 0.2) is 54.6 Å². The smallest absolute Gasteiger partial charge is 0.478 e. The zero-order valence-electron chi connectivity index (χ0n) is 25.5. The van der Waals surface area contributed by atoms with E-state index in [2.05, 4.69) is 16.8 Å². The fourth-order valence-corrected chi connectivity index (χ4v) is 4.60. The number of aromatic carboxylic acids is 1. The van der Waals surface area contributed by atoms with Crippen LogP contribution >= 0.6 is 0 Å². The summed E-state index contributed by atoms with van der Waals surface area (Å²) < 4.78 is 33.9. The number of alkyl halides is 3. The first-order valence-electron chi connectivity index (χ1n) is 14.4. The Kier molecular flexibility index (Phi) is 11.7. The van der Waals surface area contributed by atoms with E-state index in [0.717, 1.165) is 53.1 Å². The topological polar surface area (TPSA) is 138 Å². The Bertz CT molecular complexity index is 1650. The molecule has 0 saturated heterocycles. The molecule has 0 spiro atoms. The van der Waals surface area contributed by atoms with Crippen LogP contribution in [0, 0.1) is 6.92 Å². The Hall–Kier alpha value is -4.94. The van der Waals surface area contributed by atoms with Gasteiger partial charge in [0.15, 0.2) is 5.65 Å². The van der Waals surface area contributed by atoms with Gasteiger partial charge in [-0.3, -0.25) is 0 Å². The molecule has 0 fully saturated rings. The number of urea groups is 1. The fourth-order valence-electron chi connectivity index (χ4n) is 4.60. The molecule has 0 radical (unpaired) electrons. The van der Waals surface area contributed by atoms with E-state index in [0.29, 0.717) is 30.9 Å². The van der Waals surface area contributed by atoms with Gasteiger partial charge >= 0.3 is 24.1 Å². The maximum absolute atomic E-state index is 12.6. The molecule has 13 heteroatoms. The second-order valence-electron chi connectivity index (χ2n) is 10.1. The molecule has 0 unspecified atom stereocenters. The number of rotatable bonds is 10. The van der Waals surface area contributed by atoms with Crippen LogP contribution in [0.3, 0.4) is 0 Å². The number of halogens is 3. The molecule has 4 aromatic rings. The highest BCUT2D eigenvalue weighted by Gasteiger charge is 2.38. The second-order valence-corrected chi connectivity index (χ2v) is 10.1. The zero-order valence-corrected chi connectivity index (χ0v) is 25.5. The number of carbonyl (C=O) groups excluding carboxylic acids is 1. The molecule has 0 bridgehead atoms. The fraction of sp³-hybridized carbons (Fsp3) is 0.344. The van der Waals surface area contributed by atoms with E-state index in [1.807, 2.05) is 63.2 Å². The van der Waals surface area contributed by atoms with Crippen molar-refractivity contribution >= 4 is 34.8 Å². The molecular weight excluding hydrogens is 591 g/mol. The van der Waals surface area contributed by atoms with Crippen molar-refractivity contribution in [1.82, 2.24) is 19.4 Å². The third kappa shape index (κ3) is 8.80. The first-order chi connectivity index (χ1) is 21.3. The van der Waals surface area contributed by atoms with Crippen molar-refractivity contribution in [2.24, 2.45) is 0 Å². The number of imidazole rings is 1. The number of unbranched alkanes of at least 4 members (excludes halogenated alkanes) is 1. The summed E-state index contributed by atoms with van der Waals surface area (Å²) in [5, 5.41) is 19.7. The highest BCUT2D eigenvalue weighted by molar-refractivity contribution is 5.96. The Labute approximate surface area is 258 Å². The van der Waals surface area contributed by atoms with Crippen LogP contribution in [0.1, 0.15) is 61.1 Å². The van der Waals surface area contributed by atoms with Crippen LogP contribution in [0.4, 0.5) is 23.7 Å². The Morgan fingerprint density at radius 2 is 1.58 bits per heavy atom. The summed E-state index contributed by atoms with van der Waals surface area (Å²) in [5.74, 6) is -2.74. The van der Waals surface area contributed by atoms with Crippen molar-refractivity contribution in [3.05, 3.63) is 77.2 Å². The minimum absolute atomic E-state index is 0.144. The number of nitrogens with zero attached hydrogens (tertiary/aromatic N) is 4. The number of hydrogen-bond donors (Lipinski definition) is 3. The van der Waals surface area contributed by atoms with Crippen molar-refractivity contribution in [2.75, 3.05) is 18.4 Å². The zero-order chi connectivity index (χ0) is 33.3. The SMILES string of the molecule is CCCCc1nc2cc(NC(=O)N(CC)CC)c(C)nc2n1Cc1ccc(-c2ccccc2C(=O)O)cc1.O=C(O)C(F)(F)F. The number of carboxylic acid groups (broad SMARTS) is 2. The first kappa shape index (κ1) is 34.5. The molecule has 2 amide bonds. The summed E-state index contributed by atoms with van der Waals surface area (Å²) in [6.07, 6.45) is -2.19. The average molecular weight is 628 g/mol. The lowest BCUT2D eigenvalue weighted by atomic mass is 9.99. The van der Waals surface area contributed by atoms with Gasteiger partial charge in [-0.15, -0.1) is 0 Å². The highest BCUT2D eigenvalue weighted by Crippen LogP contribution is 2.27. The van der Waals surface area contributed by atoms with Crippen LogP contribution < -0.4 is 5.32 Å². The number of carboxylic acids is 2. The van der Waals surface area contributed by atoms with Gasteiger partial charge in [-0.05, 0) is 56.0 Å². The number of carbonyl (C=O) groups is 3. The lowest BCUT2D eigenvalue weighted by Crippen LogP contribution is -2.34. The van der Waals surface area contributed by atoms with Crippen molar-refractivity contribution < 1.29 is 37.8 Å². The van der Waals surface area contributed by atoms with E-state index < -0.39 is 18.1 Å². The van der Waals surface area contributed by atoms with Crippen LogP contribution in [0.25, 0.3) is 22.3 Å². The van der Waals surface area contributed by atoms with E-state index in [9.17, 15) is 27.9 Å². The predicted octanol–water partition coefficient (Wildman–Crippen LogP) is 7.00. The number of nitrogens with one attached hydrogen (secondary N) is 1. The summed E-state index contributed by atoms with van der Waals surface area (Å²) in [7, 11) is 0. The first-order valence-corrected chi connectivity index (χ1v) is 14.4. The number of fused-ring (bicyclic) bond motifs is 1.